The fourth-order valence-electron chi connectivity index (χ4n) is 1.62. The zero-order valence-electron chi connectivity index (χ0n) is 10.8. The van der Waals surface area contributed by atoms with Gasteiger partial charge in [0.15, 0.2) is 0 Å². The summed E-state index contributed by atoms with van der Waals surface area (Å²) in [5, 5.41) is 0. The molecule has 0 heterocycles. The monoisotopic (exact) mass is 220 g/mol. The largest absolute Gasteiger partial charge is 0.303 e. The van der Waals surface area contributed by atoms with Crippen molar-refractivity contribution in [1.29, 1.82) is 0 Å². The molecule has 2 heteroatoms. The van der Waals surface area contributed by atoms with Crippen molar-refractivity contribution >= 4 is 14.1 Å². The third-order valence-corrected chi connectivity index (χ3v) is 2.65. The molecule has 0 amide bonds. The molecule has 0 rings (SSSR count). The Labute approximate surface area is 102 Å². The Morgan fingerprint density at radius 1 is 0.812 bits per heavy atom. The maximum Gasteiger partial charge on any atom is 0.120 e. The van der Waals surface area contributed by atoms with Crippen LogP contribution >= 0.6 is 0 Å². The first-order valence-corrected chi connectivity index (χ1v) is 6.81. The highest BCUT2D eigenvalue weighted by molar-refractivity contribution is 6.08. The van der Waals surface area contributed by atoms with E-state index in [4.69, 9.17) is 0 Å². The molecule has 0 saturated heterocycles. The zero-order chi connectivity index (χ0) is 11.9. The van der Waals surface area contributed by atoms with E-state index >= 15 is 0 Å². The molecule has 0 bridgehead atoms. The minimum absolute atomic E-state index is 0.659. The molecule has 0 saturated carbocycles. The Morgan fingerprint density at radius 2 is 1.38 bits per heavy atom. The fourth-order valence-corrected chi connectivity index (χ4v) is 1.62. The van der Waals surface area contributed by atoms with E-state index in [0.717, 1.165) is 25.5 Å². The van der Waals surface area contributed by atoms with Crippen LogP contribution in [0.2, 0.25) is 6.32 Å². The molecular weight excluding hydrogens is 195 g/mol. The van der Waals surface area contributed by atoms with E-state index in [0.29, 0.717) is 6.42 Å². The van der Waals surface area contributed by atoms with Crippen LogP contribution in [0.15, 0.2) is 0 Å². The number of hydrogen-bond acceptors (Lipinski definition) is 1. The van der Waals surface area contributed by atoms with Crippen LogP contribution in [0, 0.1) is 11.8 Å². The van der Waals surface area contributed by atoms with Crippen LogP contribution in [-0.4, -0.2) is 14.1 Å². The molecule has 0 aliphatic heterocycles. The zero-order valence-corrected chi connectivity index (χ0v) is 10.8. The molecule has 0 aliphatic carbocycles. The first kappa shape index (κ1) is 15.3. The van der Waals surface area contributed by atoms with E-state index in [1.54, 1.807) is 0 Å². The molecule has 1 nitrogen and oxygen atoms in total. The van der Waals surface area contributed by atoms with Gasteiger partial charge in [-0.15, -0.1) is 11.8 Å². The second-order valence-corrected chi connectivity index (χ2v) is 4.28. The number of unbranched alkanes of at least 4 members (excludes halogenated alkanes) is 8. The number of carbonyl (C=O) groups is 1. The van der Waals surface area contributed by atoms with Gasteiger partial charge in [0.25, 0.3) is 0 Å². The van der Waals surface area contributed by atoms with Crippen LogP contribution in [0.25, 0.3) is 0 Å². The Balaban J connectivity index is 3.04. The first-order valence-electron chi connectivity index (χ1n) is 6.81. The summed E-state index contributed by atoms with van der Waals surface area (Å²) in [6, 6.07) is 0. The molecule has 16 heavy (non-hydrogen) atoms. The minimum atomic E-state index is 0.659. The average Bonchev–Trinajstić information content (AvgIpc) is 2.31. The van der Waals surface area contributed by atoms with Crippen molar-refractivity contribution in [3.05, 3.63) is 0 Å². The minimum Gasteiger partial charge on any atom is -0.303 e. The second kappa shape index (κ2) is 14.3. The third kappa shape index (κ3) is 13.3. The maximum atomic E-state index is 10.0. The van der Waals surface area contributed by atoms with E-state index in [1.807, 2.05) is 0 Å². The Kier molecular flexibility index (Phi) is 13.7. The number of hydrogen-bond donors (Lipinski definition) is 0. The van der Waals surface area contributed by atoms with Gasteiger partial charge in [-0.25, -0.2) is 0 Å². The Morgan fingerprint density at radius 3 is 2.00 bits per heavy atom. The van der Waals surface area contributed by atoms with E-state index < -0.39 is 0 Å². The highest BCUT2D eigenvalue weighted by Gasteiger charge is 1.89. The van der Waals surface area contributed by atoms with Crippen LogP contribution in [0.3, 0.4) is 0 Å². The predicted molar refractivity (Wildman–Crippen MR) is 73.4 cm³/mol. The normalized spacial score (nSPS) is 9.50. The van der Waals surface area contributed by atoms with Crippen molar-refractivity contribution in [3.8, 4) is 11.8 Å². The van der Waals surface area contributed by atoms with Gasteiger partial charge in [-0.1, -0.05) is 38.4 Å². The van der Waals surface area contributed by atoms with Crippen LogP contribution in [0.1, 0.15) is 64.2 Å². The van der Waals surface area contributed by atoms with Crippen molar-refractivity contribution in [2.45, 2.75) is 70.5 Å². The van der Waals surface area contributed by atoms with Crippen molar-refractivity contribution in [2.75, 3.05) is 0 Å². The SMILES string of the molecule is BCCCCCCCCC#CCCCC=O. The van der Waals surface area contributed by atoms with Gasteiger partial charge < -0.3 is 4.79 Å². The molecule has 0 aromatic heterocycles. The van der Waals surface area contributed by atoms with Crippen molar-refractivity contribution in [2.24, 2.45) is 0 Å². The van der Waals surface area contributed by atoms with Crippen LogP contribution in [0.5, 0.6) is 0 Å². The molecule has 0 aliphatic rings. The van der Waals surface area contributed by atoms with Gasteiger partial charge in [0.2, 0.25) is 0 Å². The van der Waals surface area contributed by atoms with Crippen LogP contribution < -0.4 is 0 Å². The fraction of sp³-hybridized carbons (Fsp3) is 0.786. The van der Waals surface area contributed by atoms with Crippen LogP contribution in [-0.2, 0) is 4.79 Å². The molecule has 0 unspecified atom stereocenters. The molecule has 0 radical (unpaired) electrons. The second-order valence-electron chi connectivity index (χ2n) is 4.28. The standard InChI is InChI=1S/C14H25BO/c15-13-11-9-7-5-3-1-2-4-6-8-10-12-14-16/h14H,1-3,5,7-13,15H2. The van der Waals surface area contributed by atoms with Gasteiger partial charge in [0.1, 0.15) is 14.1 Å². The summed E-state index contributed by atoms with van der Waals surface area (Å²) in [5.74, 6) is 6.30. The lowest BCUT2D eigenvalue weighted by atomic mass is 9.98. The van der Waals surface area contributed by atoms with Gasteiger partial charge >= 0.3 is 0 Å². The van der Waals surface area contributed by atoms with Gasteiger partial charge in [-0.05, 0) is 12.8 Å². The molecule has 0 spiro atoms. The summed E-state index contributed by atoms with van der Waals surface area (Å²) < 4.78 is 0. The summed E-state index contributed by atoms with van der Waals surface area (Å²) in [4.78, 5) is 10.0. The van der Waals surface area contributed by atoms with Gasteiger partial charge in [-0.2, -0.15) is 0 Å². The third-order valence-electron chi connectivity index (χ3n) is 2.65. The van der Waals surface area contributed by atoms with Crippen molar-refractivity contribution in [1.82, 2.24) is 0 Å². The quantitative estimate of drug-likeness (QED) is 0.239. The maximum absolute atomic E-state index is 10.0. The lowest BCUT2D eigenvalue weighted by Crippen LogP contribution is -1.79. The highest BCUT2D eigenvalue weighted by atomic mass is 16.1. The lowest BCUT2D eigenvalue weighted by molar-refractivity contribution is -0.107. The molecule has 0 aromatic carbocycles. The van der Waals surface area contributed by atoms with E-state index in [-0.39, 0.29) is 0 Å². The number of aldehydes is 1. The molecule has 0 fully saturated rings. The van der Waals surface area contributed by atoms with Crippen LogP contribution in [0.4, 0.5) is 0 Å². The molecule has 0 aromatic rings. The topological polar surface area (TPSA) is 17.1 Å². The molecular formula is C14H25BO. The predicted octanol–water partition coefficient (Wildman–Crippen LogP) is 3.14. The molecule has 0 N–H and O–H groups in total. The molecule has 90 valence electrons. The van der Waals surface area contributed by atoms with E-state index in [1.165, 1.54) is 44.8 Å². The van der Waals surface area contributed by atoms with Gasteiger partial charge in [0, 0.05) is 19.3 Å². The highest BCUT2D eigenvalue weighted by Crippen LogP contribution is 2.07. The summed E-state index contributed by atoms with van der Waals surface area (Å²) in [6.45, 7) is 0. The smallest absolute Gasteiger partial charge is 0.120 e. The summed E-state index contributed by atoms with van der Waals surface area (Å²) in [6.07, 6.45) is 13.9. The van der Waals surface area contributed by atoms with Gasteiger partial charge in [0.05, 0.1) is 0 Å². The Bertz CT molecular complexity index is 203. The lowest BCUT2D eigenvalue weighted by Gasteiger charge is -1.97. The summed E-state index contributed by atoms with van der Waals surface area (Å²) >= 11 is 0. The summed E-state index contributed by atoms with van der Waals surface area (Å²) in [7, 11) is 2.25. The first-order chi connectivity index (χ1) is 7.91. The van der Waals surface area contributed by atoms with E-state index in [2.05, 4.69) is 19.7 Å². The number of rotatable bonds is 10. The summed E-state index contributed by atoms with van der Waals surface area (Å²) in [5.41, 5.74) is 0. The number of carbonyl (C=O) groups excluding carboxylic acids is 1. The molecule has 0 atom stereocenters. The van der Waals surface area contributed by atoms with E-state index in [9.17, 15) is 4.79 Å². The van der Waals surface area contributed by atoms with Crippen molar-refractivity contribution in [3.63, 3.8) is 0 Å². The van der Waals surface area contributed by atoms with Crippen molar-refractivity contribution < 1.29 is 4.79 Å². The Hall–Kier alpha value is -0.705. The van der Waals surface area contributed by atoms with Gasteiger partial charge in [-0.3, -0.25) is 0 Å². The average molecular weight is 220 g/mol.